The Morgan fingerprint density at radius 2 is 1.46 bits per heavy atom. The van der Waals surface area contributed by atoms with Crippen molar-refractivity contribution < 1.29 is 35.8 Å². The fraction of sp³-hybridized carbons (Fsp3) is 0.393. The number of benzene rings is 2. The lowest BCUT2D eigenvalue weighted by Gasteiger charge is -2.19. The number of likely N-dealkylation sites (N-methyl/N-ethyl adjacent to an activating group) is 1. The number of ether oxygens (including phenoxy) is 1. The Balaban J connectivity index is -0.00000160. The smallest absolute Gasteiger partial charge is 0.308 e. The Morgan fingerprint density at radius 3 is 2.10 bits per heavy atom. The van der Waals surface area contributed by atoms with E-state index >= 15 is 0 Å². The van der Waals surface area contributed by atoms with E-state index in [9.17, 15) is 24.0 Å². The number of hydrogen-bond donors (Lipinski definition) is 5. The van der Waals surface area contributed by atoms with E-state index in [1.54, 1.807) is 38.1 Å². The van der Waals surface area contributed by atoms with Gasteiger partial charge in [0, 0.05) is 19.2 Å². The molecule has 11 heteroatoms. The molecule has 0 spiro atoms. The Bertz CT molecular complexity index is 1130. The van der Waals surface area contributed by atoms with Crippen molar-refractivity contribution in [3.8, 4) is 0 Å². The van der Waals surface area contributed by atoms with Crippen molar-refractivity contribution >= 4 is 35.3 Å². The van der Waals surface area contributed by atoms with E-state index in [0.717, 1.165) is 11.1 Å². The van der Waals surface area contributed by atoms with Crippen LogP contribution in [0, 0.1) is 5.92 Å². The van der Waals surface area contributed by atoms with Crippen LogP contribution in [0.5, 0.6) is 0 Å². The van der Waals surface area contributed by atoms with Crippen LogP contribution in [0.25, 0.3) is 0 Å². The molecule has 2 aromatic rings. The van der Waals surface area contributed by atoms with E-state index in [-0.39, 0.29) is 57.6 Å². The average Bonchev–Trinajstić information content (AvgIpc) is 2.93. The van der Waals surface area contributed by atoms with Gasteiger partial charge in [-0.05, 0) is 29.8 Å². The van der Waals surface area contributed by atoms with Crippen LogP contribution < -0.4 is 26.6 Å². The second-order valence-corrected chi connectivity index (χ2v) is 9.09. The zero-order valence-corrected chi connectivity index (χ0v) is 22.5. The van der Waals surface area contributed by atoms with E-state index in [0.29, 0.717) is 12.2 Å². The molecule has 39 heavy (non-hydrogen) atoms. The first-order chi connectivity index (χ1) is 18.7. The molecule has 5 N–H and O–H groups in total. The number of rotatable bonds is 15. The number of carbonyl (C=O) groups is 5. The Kier molecular flexibility index (Phi) is 13.2. The number of nitrogens with one attached hydrogen (secondary N) is 5. The van der Waals surface area contributed by atoms with Crippen LogP contribution in [0.2, 0.25) is 0 Å². The van der Waals surface area contributed by atoms with Gasteiger partial charge in [0.05, 0.1) is 25.6 Å². The summed E-state index contributed by atoms with van der Waals surface area (Å²) in [6.07, 6.45) is 0.203. The number of esters is 1. The molecule has 0 unspecified atom stereocenters. The van der Waals surface area contributed by atoms with Crippen LogP contribution >= 0.6 is 0 Å². The van der Waals surface area contributed by atoms with Gasteiger partial charge in [-0.25, -0.2) is 0 Å². The molecule has 0 aromatic heterocycles. The summed E-state index contributed by atoms with van der Waals surface area (Å²) >= 11 is 0. The predicted molar refractivity (Wildman–Crippen MR) is 157 cm³/mol. The molecule has 0 radical (unpaired) electrons. The van der Waals surface area contributed by atoms with Gasteiger partial charge in [-0.15, -0.1) is 0 Å². The summed E-state index contributed by atoms with van der Waals surface area (Å²) in [5, 5.41) is 13.2. The molecule has 11 nitrogen and oxygen atoms in total. The van der Waals surface area contributed by atoms with Gasteiger partial charge < -0.3 is 31.3 Å². The lowest BCUT2D eigenvalue weighted by molar-refractivity contribution is -0.148. The van der Waals surface area contributed by atoms with Crippen molar-refractivity contribution in [1.29, 1.82) is 0 Å². The number of anilines is 1. The van der Waals surface area contributed by atoms with Crippen LogP contribution in [0.1, 0.15) is 39.0 Å². The maximum Gasteiger partial charge on any atom is 0.308 e. The topological polar surface area (TPSA) is 155 Å². The molecule has 0 saturated heterocycles. The zero-order chi connectivity index (χ0) is 28.6. The molecular formula is C28H47N5O6. The van der Waals surface area contributed by atoms with Gasteiger partial charge in [-0.2, -0.15) is 0 Å². The van der Waals surface area contributed by atoms with Crippen molar-refractivity contribution in [2.45, 2.75) is 39.8 Å². The van der Waals surface area contributed by atoms with Gasteiger partial charge in [0.15, 0.2) is 0 Å². The molecule has 4 amide bonds. The molecule has 0 aliphatic rings. The molecule has 0 aliphatic carbocycles. The number of carbonyl (C=O) groups excluding carboxylic acids is 5. The lowest BCUT2D eigenvalue weighted by Crippen LogP contribution is -2.52. The molecule has 220 valence electrons. The summed E-state index contributed by atoms with van der Waals surface area (Å²) in [5.41, 5.74) is 2.10. The third kappa shape index (κ3) is 12.2. The molecule has 0 bridgehead atoms. The Labute approximate surface area is 235 Å². The first kappa shape index (κ1) is 31.0. The second-order valence-electron chi connectivity index (χ2n) is 9.09. The largest absolute Gasteiger partial charge is 0.461 e. The quantitative estimate of drug-likeness (QED) is 0.213. The first-order valence-corrected chi connectivity index (χ1v) is 12.8. The summed E-state index contributed by atoms with van der Waals surface area (Å²) in [7, 11) is 0. The molecule has 0 aliphatic heterocycles. The lowest BCUT2D eigenvalue weighted by atomic mass is 10.1. The zero-order valence-electron chi connectivity index (χ0n) is 22.5. The molecular weight excluding hydrogens is 502 g/mol. The first-order valence-electron chi connectivity index (χ1n) is 12.8. The third-order valence-corrected chi connectivity index (χ3v) is 5.43. The van der Waals surface area contributed by atoms with Gasteiger partial charge in [-0.1, -0.05) is 63.2 Å². The van der Waals surface area contributed by atoms with E-state index in [2.05, 4.69) is 26.6 Å². The van der Waals surface area contributed by atoms with Crippen molar-refractivity contribution in [2.75, 3.05) is 31.5 Å². The maximum atomic E-state index is 12.9. The monoisotopic (exact) mass is 549 g/mol. The molecule has 0 saturated carbocycles. The summed E-state index contributed by atoms with van der Waals surface area (Å²) in [6.45, 7) is 5.61. The van der Waals surface area contributed by atoms with Crippen LogP contribution in [0.15, 0.2) is 54.6 Å². The van der Waals surface area contributed by atoms with E-state index < -0.39 is 23.8 Å². The van der Waals surface area contributed by atoms with E-state index in [1.807, 2.05) is 37.3 Å². The van der Waals surface area contributed by atoms with E-state index in [4.69, 9.17) is 4.74 Å². The van der Waals surface area contributed by atoms with Crippen LogP contribution in [-0.4, -0.2) is 61.8 Å². The predicted octanol–water partition coefficient (Wildman–Crippen LogP) is 2.12. The Hall–Kier alpha value is -4.25. The van der Waals surface area contributed by atoms with Crippen LogP contribution in [-0.2, 0) is 41.7 Å². The fourth-order valence-electron chi connectivity index (χ4n) is 3.29. The minimum Gasteiger partial charge on any atom is -0.461 e. The highest BCUT2D eigenvalue weighted by molar-refractivity contribution is 5.96. The summed E-state index contributed by atoms with van der Waals surface area (Å²) < 4.78 is 5.18. The second kappa shape index (κ2) is 16.6. The summed E-state index contributed by atoms with van der Waals surface area (Å²) in [5.74, 6) is -2.37. The normalized spacial score (nSPS) is 11.3. The van der Waals surface area contributed by atoms with Crippen molar-refractivity contribution in [3.05, 3.63) is 65.7 Å². The minimum absolute atomic E-state index is 0. The molecule has 1 atom stereocenters. The fourth-order valence-corrected chi connectivity index (χ4v) is 3.29. The highest BCUT2D eigenvalue weighted by Gasteiger charge is 2.22. The summed E-state index contributed by atoms with van der Waals surface area (Å²) in [6, 6.07) is 15.0. The molecule has 2 aromatic carbocycles. The standard InChI is InChI=1S/C28H37N5O6.5H2/c1-4-29-15-24(34)30-16-26(36)33-23(14-20-8-6-5-7-9-20)27(37)31-17-25(35)32-22-12-10-21(11-13-22)18-39-28(38)19(2)3;;;;;/h5-13,19,23,29H,4,14-18H2,1-3H3,(H,30,34)(H,31,37)(H,32,35)(H,33,36);5*1H/t23-;;;;;/m0...../s1. The van der Waals surface area contributed by atoms with Gasteiger partial charge in [0.1, 0.15) is 12.6 Å². The average molecular weight is 550 g/mol. The molecule has 0 fully saturated rings. The van der Waals surface area contributed by atoms with Crippen molar-refractivity contribution in [1.82, 2.24) is 21.3 Å². The van der Waals surface area contributed by atoms with Crippen molar-refractivity contribution in [2.24, 2.45) is 5.92 Å². The minimum atomic E-state index is -0.953. The molecule has 2 rings (SSSR count). The van der Waals surface area contributed by atoms with Gasteiger partial charge in [-0.3, -0.25) is 24.0 Å². The van der Waals surface area contributed by atoms with Gasteiger partial charge >= 0.3 is 5.97 Å². The van der Waals surface area contributed by atoms with Crippen LogP contribution in [0.4, 0.5) is 5.69 Å². The van der Waals surface area contributed by atoms with Gasteiger partial charge in [0.25, 0.3) is 0 Å². The van der Waals surface area contributed by atoms with Crippen molar-refractivity contribution in [3.63, 3.8) is 0 Å². The highest BCUT2D eigenvalue weighted by Crippen LogP contribution is 2.11. The summed E-state index contributed by atoms with van der Waals surface area (Å²) in [4.78, 5) is 61.1. The number of amides is 4. The third-order valence-electron chi connectivity index (χ3n) is 5.43. The number of hydrogen-bond acceptors (Lipinski definition) is 7. The SMILES string of the molecule is CCNCC(=O)NCC(=O)N[C@@H](Cc1ccccc1)C(=O)NCC(=O)Nc1ccc(COC(=O)C(C)C)cc1.[HH].[HH].[HH].[HH].[HH]. The Morgan fingerprint density at radius 1 is 0.795 bits per heavy atom. The van der Waals surface area contributed by atoms with E-state index in [1.165, 1.54) is 0 Å². The van der Waals surface area contributed by atoms with Crippen LogP contribution in [0.3, 0.4) is 0 Å². The molecule has 0 heterocycles. The highest BCUT2D eigenvalue weighted by atomic mass is 16.5. The maximum absolute atomic E-state index is 12.9. The van der Waals surface area contributed by atoms with Gasteiger partial charge in [0.2, 0.25) is 23.6 Å².